The van der Waals surface area contributed by atoms with E-state index in [2.05, 4.69) is 15.5 Å². The summed E-state index contributed by atoms with van der Waals surface area (Å²) in [6, 6.07) is 0.989. The van der Waals surface area contributed by atoms with Crippen molar-refractivity contribution in [3.05, 3.63) is 22.7 Å². The lowest BCUT2D eigenvalue weighted by atomic mass is 10.0. The second kappa shape index (κ2) is 5.60. The number of amides is 1. The number of piperidine rings is 1. The highest BCUT2D eigenvalue weighted by molar-refractivity contribution is 7.12. The predicted molar refractivity (Wildman–Crippen MR) is 73.3 cm³/mol. The quantitative estimate of drug-likeness (QED) is 0.900. The van der Waals surface area contributed by atoms with Gasteiger partial charge < -0.3 is 10.0 Å². The molecular weight excluding hydrogens is 294 g/mol. The van der Waals surface area contributed by atoms with E-state index in [9.17, 15) is 14.7 Å². The van der Waals surface area contributed by atoms with Crippen LogP contribution in [-0.2, 0) is 4.79 Å². The van der Waals surface area contributed by atoms with E-state index in [0.29, 0.717) is 23.5 Å². The van der Waals surface area contributed by atoms with Crippen LogP contribution in [0.2, 0.25) is 0 Å². The summed E-state index contributed by atoms with van der Waals surface area (Å²) in [5, 5.41) is 21.9. The van der Waals surface area contributed by atoms with Crippen LogP contribution in [0, 0.1) is 0 Å². The third-order valence-corrected chi connectivity index (χ3v) is 4.37. The summed E-state index contributed by atoms with van der Waals surface area (Å²) in [7, 11) is 0. The van der Waals surface area contributed by atoms with Crippen LogP contribution in [0.25, 0.3) is 5.69 Å². The van der Waals surface area contributed by atoms with Crippen LogP contribution < -0.4 is 0 Å². The third-order valence-electron chi connectivity index (χ3n) is 3.48. The maximum absolute atomic E-state index is 12.7. The first kappa shape index (κ1) is 13.7. The molecule has 1 fully saturated rings. The van der Waals surface area contributed by atoms with E-state index >= 15 is 0 Å². The molecule has 8 nitrogen and oxygen atoms in total. The lowest BCUT2D eigenvalue weighted by molar-refractivity contribution is -0.143. The van der Waals surface area contributed by atoms with Gasteiger partial charge in [-0.15, -0.1) is 16.4 Å². The maximum atomic E-state index is 12.7. The van der Waals surface area contributed by atoms with Crippen molar-refractivity contribution in [2.75, 3.05) is 6.54 Å². The van der Waals surface area contributed by atoms with Crippen LogP contribution in [0.4, 0.5) is 0 Å². The van der Waals surface area contributed by atoms with Crippen molar-refractivity contribution in [2.45, 2.75) is 25.3 Å². The fourth-order valence-electron chi connectivity index (χ4n) is 2.48. The third kappa shape index (κ3) is 2.51. The molecule has 21 heavy (non-hydrogen) atoms. The summed E-state index contributed by atoms with van der Waals surface area (Å²) >= 11 is 1.26. The van der Waals surface area contributed by atoms with Crippen LogP contribution in [0.1, 0.15) is 28.9 Å². The number of hydrogen-bond acceptors (Lipinski definition) is 6. The summed E-state index contributed by atoms with van der Waals surface area (Å²) in [5.74, 6) is -1.23. The molecule has 0 saturated carbocycles. The van der Waals surface area contributed by atoms with Crippen molar-refractivity contribution < 1.29 is 14.7 Å². The van der Waals surface area contributed by atoms with Crippen LogP contribution in [0.3, 0.4) is 0 Å². The zero-order valence-electron chi connectivity index (χ0n) is 11.0. The van der Waals surface area contributed by atoms with Gasteiger partial charge in [0.25, 0.3) is 5.91 Å². The normalized spacial score (nSPS) is 18.7. The van der Waals surface area contributed by atoms with Gasteiger partial charge in [0.2, 0.25) is 0 Å². The Labute approximate surface area is 124 Å². The number of rotatable bonds is 3. The number of carboxylic acid groups (broad SMARTS) is 1. The zero-order valence-corrected chi connectivity index (χ0v) is 11.9. The lowest BCUT2D eigenvalue weighted by Gasteiger charge is -2.32. The van der Waals surface area contributed by atoms with Gasteiger partial charge >= 0.3 is 5.97 Å². The Morgan fingerprint density at radius 3 is 2.95 bits per heavy atom. The molecule has 1 atom stereocenters. The fraction of sp³-hybridized carbons (Fsp3) is 0.417. The number of nitrogens with zero attached hydrogens (tertiary/aromatic N) is 5. The van der Waals surface area contributed by atoms with Gasteiger partial charge in [-0.1, -0.05) is 0 Å². The lowest BCUT2D eigenvalue weighted by Crippen LogP contribution is -2.47. The van der Waals surface area contributed by atoms with E-state index < -0.39 is 12.0 Å². The average Bonchev–Trinajstić information content (AvgIpc) is 3.16. The van der Waals surface area contributed by atoms with Gasteiger partial charge in [0.05, 0.1) is 5.69 Å². The number of likely N-dealkylation sites (tertiary alicyclic amines) is 1. The van der Waals surface area contributed by atoms with Crippen LogP contribution >= 0.6 is 11.3 Å². The fourth-order valence-corrected chi connectivity index (χ4v) is 3.31. The molecule has 1 amide bonds. The molecule has 1 aliphatic heterocycles. The average molecular weight is 307 g/mol. The van der Waals surface area contributed by atoms with Crippen LogP contribution in [0.5, 0.6) is 0 Å². The molecule has 0 spiro atoms. The van der Waals surface area contributed by atoms with Gasteiger partial charge in [-0.3, -0.25) is 4.79 Å². The van der Waals surface area contributed by atoms with E-state index in [4.69, 9.17) is 0 Å². The molecular formula is C12H13N5O3S. The van der Waals surface area contributed by atoms with Crippen molar-refractivity contribution in [3.8, 4) is 5.69 Å². The molecule has 110 valence electrons. The predicted octanol–water partition coefficient (Wildman–Crippen LogP) is 0.803. The molecule has 2 aromatic heterocycles. The topological polar surface area (TPSA) is 101 Å². The first-order valence-electron chi connectivity index (χ1n) is 6.53. The molecule has 1 N–H and O–H groups in total. The highest BCUT2D eigenvalue weighted by atomic mass is 32.1. The highest BCUT2D eigenvalue weighted by Crippen LogP contribution is 2.26. The van der Waals surface area contributed by atoms with Gasteiger partial charge in [0.1, 0.15) is 17.2 Å². The maximum Gasteiger partial charge on any atom is 0.326 e. The molecule has 0 bridgehead atoms. The van der Waals surface area contributed by atoms with E-state index in [1.807, 2.05) is 0 Å². The van der Waals surface area contributed by atoms with Gasteiger partial charge in [-0.2, -0.15) is 4.68 Å². The smallest absolute Gasteiger partial charge is 0.326 e. The Morgan fingerprint density at radius 1 is 1.38 bits per heavy atom. The monoisotopic (exact) mass is 307 g/mol. The van der Waals surface area contributed by atoms with Gasteiger partial charge in [-0.05, 0) is 41.1 Å². The minimum absolute atomic E-state index is 0.275. The molecule has 0 radical (unpaired) electrons. The number of hydrogen-bond donors (Lipinski definition) is 1. The second-order valence-electron chi connectivity index (χ2n) is 4.74. The van der Waals surface area contributed by atoms with Crippen LogP contribution in [-0.4, -0.2) is 54.7 Å². The van der Waals surface area contributed by atoms with Gasteiger partial charge in [0, 0.05) is 6.54 Å². The van der Waals surface area contributed by atoms with Gasteiger partial charge in [0.15, 0.2) is 0 Å². The number of thiophene rings is 1. The first-order chi connectivity index (χ1) is 10.2. The standard InChI is InChI=1S/C12H13N5O3S/c18-11(16-5-2-1-3-9(16)12(19)20)10-8(4-6-21-10)17-7-13-14-15-17/h4,6-7,9H,1-3,5H2,(H,19,20). The molecule has 1 unspecified atom stereocenters. The molecule has 1 aliphatic rings. The molecule has 2 aromatic rings. The highest BCUT2D eigenvalue weighted by Gasteiger charge is 2.34. The number of tetrazole rings is 1. The minimum atomic E-state index is -0.955. The van der Waals surface area contributed by atoms with Crippen molar-refractivity contribution in [3.63, 3.8) is 0 Å². The summed E-state index contributed by atoms with van der Waals surface area (Å²) in [6.45, 7) is 0.461. The SMILES string of the molecule is O=C(O)C1CCCCN1C(=O)c1sccc1-n1cnnn1. The largest absolute Gasteiger partial charge is 0.480 e. The van der Waals surface area contributed by atoms with Crippen molar-refractivity contribution in [1.82, 2.24) is 25.1 Å². The summed E-state index contributed by atoms with van der Waals surface area (Å²) < 4.78 is 1.41. The Balaban J connectivity index is 1.92. The van der Waals surface area contributed by atoms with Gasteiger partial charge in [-0.25, -0.2) is 4.79 Å². The van der Waals surface area contributed by atoms with E-state index in [-0.39, 0.29) is 5.91 Å². The first-order valence-corrected chi connectivity index (χ1v) is 7.41. The second-order valence-corrected chi connectivity index (χ2v) is 5.65. The number of carbonyl (C=O) groups is 2. The molecule has 1 saturated heterocycles. The summed E-state index contributed by atoms with van der Waals surface area (Å²) in [6.07, 6.45) is 3.54. The number of aliphatic carboxylic acids is 1. The van der Waals surface area contributed by atoms with Crippen molar-refractivity contribution >= 4 is 23.2 Å². The van der Waals surface area contributed by atoms with E-state index in [1.54, 1.807) is 11.4 Å². The summed E-state index contributed by atoms with van der Waals surface area (Å²) in [4.78, 5) is 25.9. The van der Waals surface area contributed by atoms with E-state index in [0.717, 1.165) is 12.8 Å². The minimum Gasteiger partial charge on any atom is -0.480 e. The number of aromatic nitrogens is 4. The molecule has 0 aliphatic carbocycles. The molecule has 3 rings (SSSR count). The summed E-state index contributed by atoms with van der Waals surface area (Å²) in [5.41, 5.74) is 0.574. The molecule has 0 aromatic carbocycles. The van der Waals surface area contributed by atoms with Crippen molar-refractivity contribution in [2.24, 2.45) is 0 Å². The number of carbonyl (C=O) groups excluding carboxylic acids is 1. The van der Waals surface area contributed by atoms with Crippen molar-refractivity contribution in [1.29, 1.82) is 0 Å². The molecule has 9 heteroatoms. The Kier molecular flexibility index (Phi) is 3.65. The van der Waals surface area contributed by atoms with Crippen LogP contribution in [0.15, 0.2) is 17.8 Å². The number of carboxylic acids is 1. The Bertz CT molecular complexity index is 654. The van der Waals surface area contributed by atoms with E-state index in [1.165, 1.54) is 27.2 Å². The Hall–Kier alpha value is -2.29. The molecule has 3 heterocycles. The Morgan fingerprint density at radius 2 is 2.24 bits per heavy atom. The zero-order chi connectivity index (χ0) is 14.8.